The number of nitrogens with one attached hydrogen (secondary N) is 1. The third-order valence-corrected chi connectivity index (χ3v) is 2.32. The first-order valence-electron chi connectivity index (χ1n) is 3.50. The van der Waals surface area contributed by atoms with E-state index in [1.54, 1.807) is 6.07 Å². The highest BCUT2D eigenvalue weighted by atomic mass is 35.5. The molecule has 2 rings (SSSR count). The molecule has 0 aromatic carbocycles. The summed E-state index contributed by atoms with van der Waals surface area (Å²) in [4.78, 5) is 8.04. The number of pyridine rings is 1. The fourth-order valence-corrected chi connectivity index (χ4v) is 1.69. The van der Waals surface area contributed by atoms with Crippen LogP contribution in [0.5, 0.6) is 0 Å². The standard InChI is InChI=1S/C7H5ClN4S/c8-5-2-1-3-6(11-5)13-7-9-4-10-12-7/h1-4H,(H,9,10,12). The van der Waals surface area contributed by atoms with Gasteiger partial charge in [0, 0.05) is 0 Å². The minimum absolute atomic E-state index is 0.476. The van der Waals surface area contributed by atoms with Crippen LogP contribution >= 0.6 is 23.4 Å². The number of nitrogens with zero attached hydrogens (tertiary/aromatic N) is 3. The molecule has 2 heterocycles. The zero-order chi connectivity index (χ0) is 9.10. The van der Waals surface area contributed by atoms with E-state index in [9.17, 15) is 0 Å². The van der Waals surface area contributed by atoms with Crippen LogP contribution in [0.25, 0.3) is 0 Å². The fourth-order valence-electron chi connectivity index (χ4n) is 0.789. The molecule has 0 aliphatic rings. The van der Waals surface area contributed by atoms with Crippen LogP contribution in [0.2, 0.25) is 5.15 Å². The van der Waals surface area contributed by atoms with Gasteiger partial charge in [-0.1, -0.05) is 17.7 Å². The van der Waals surface area contributed by atoms with E-state index in [0.717, 1.165) is 5.03 Å². The number of aromatic nitrogens is 4. The van der Waals surface area contributed by atoms with Crippen molar-refractivity contribution in [2.24, 2.45) is 0 Å². The molecule has 0 aliphatic heterocycles. The Hall–Kier alpha value is -1.07. The molecule has 0 radical (unpaired) electrons. The maximum Gasteiger partial charge on any atom is 0.189 e. The normalized spacial score (nSPS) is 10.2. The third kappa shape index (κ3) is 2.19. The Bertz CT molecular complexity index is 389. The topological polar surface area (TPSA) is 54.5 Å². The van der Waals surface area contributed by atoms with E-state index >= 15 is 0 Å². The van der Waals surface area contributed by atoms with E-state index in [1.807, 2.05) is 12.1 Å². The highest BCUT2D eigenvalue weighted by Gasteiger charge is 2.00. The quantitative estimate of drug-likeness (QED) is 0.774. The van der Waals surface area contributed by atoms with Gasteiger partial charge < -0.3 is 0 Å². The highest BCUT2D eigenvalue weighted by Crippen LogP contribution is 2.22. The zero-order valence-corrected chi connectivity index (χ0v) is 8.01. The molecule has 0 spiro atoms. The van der Waals surface area contributed by atoms with Gasteiger partial charge in [-0.3, -0.25) is 5.10 Å². The molecule has 0 saturated heterocycles. The summed E-state index contributed by atoms with van der Waals surface area (Å²) in [6, 6.07) is 5.43. The van der Waals surface area contributed by atoms with Crippen molar-refractivity contribution in [3.05, 3.63) is 29.7 Å². The van der Waals surface area contributed by atoms with Gasteiger partial charge in [-0.25, -0.2) is 9.97 Å². The molecule has 2 aromatic heterocycles. The van der Waals surface area contributed by atoms with Gasteiger partial charge in [-0.15, -0.1) is 0 Å². The van der Waals surface area contributed by atoms with E-state index in [0.29, 0.717) is 10.3 Å². The summed E-state index contributed by atoms with van der Waals surface area (Å²) in [6.07, 6.45) is 1.45. The summed E-state index contributed by atoms with van der Waals surface area (Å²) in [7, 11) is 0. The highest BCUT2D eigenvalue weighted by molar-refractivity contribution is 7.99. The number of H-pyrrole nitrogens is 1. The molecular formula is C7H5ClN4S. The van der Waals surface area contributed by atoms with Gasteiger partial charge in [0.2, 0.25) is 0 Å². The molecule has 0 atom stereocenters. The van der Waals surface area contributed by atoms with Crippen molar-refractivity contribution < 1.29 is 0 Å². The van der Waals surface area contributed by atoms with Crippen molar-refractivity contribution in [3.8, 4) is 0 Å². The lowest BCUT2D eigenvalue weighted by Crippen LogP contribution is -1.81. The molecule has 0 aliphatic carbocycles. The Morgan fingerprint density at radius 2 is 2.31 bits per heavy atom. The summed E-state index contributed by atoms with van der Waals surface area (Å²) < 4.78 is 0. The summed E-state index contributed by atoms with van der Waals surface area (Å²) in [5, 5.41) is 8.42. The van der Waals surface area contributed by atoms with Crippen LogP contribution < -0.4 is 0 Å². The number of halogens is 1. The second-order valence-electron chi connectivity index (χ2n) is 2.19. The zero-order valence-electron chi connectivity index (χ0n) is 6.44. The van der Waals surface area contributed by atoms with Crippen molar-refractivity contribution in [1.82, 2.24) is 20.2 Å². The average Bonchev–Trinajstić information content (AvgIpc) is 2.57. The first-order chi connectivity index (χ1) is 6.34. The Labute approximate surface area is 83.8 Å². The number of rotatable bonds is 2. The van der Waals surface area contributed by atoms with Gasteiger partial charge in [0.15, 0.2) is 5.16 Å². The average molecular weight is 213 g/mol. The lowest BCUT2D eigenvalue weighted by atomic mass is 10.5. The Kier molecular flexibility index (Phi) is 2.47. The summed E-state index contributed by atoms with van der Waals surface area (Å²) in [6.45, 7) is 0. The van der Waals surface area contributed by atoms with Gasteiger partial charge in [0.1, 0.15) is 16.5 Å². The summed E-state index contributed by atoms with van der Waals surface area (Å²) in [5.74, 6) is 0. The van der Waals surface area contributed by atoms with Crippen molar-refractivity contribution >= 4 is 23.4 Å². The maximum absolute atomic E-state index is 5.71. The molecule has 0 bridgehead atoms. The van der Waals surface area contributed by atoms with Gasteiger partial charge >= 0.3 is 0 Å². The third-order valence-electron chi connectivity index (χ3n) is 1.28. The van der Waals surface area contributed by atoms with Crippen molar-refractivity contribution in [2.45, 2.75) is 10.2 Å². The van der Waals surface area contributed by atoms with Gasteiger partial charge in [-0.05, 0) is 23.9 Å². The van der Waals surface area contributed by atoms with Gasteiger partial charge in [0.25, 0.3) is 0 Å². The van der Waals surface area contributed by atoms with Gasteiger partial charge in [0.05, 0.1) is 0 Å². The number of hydrogen-bond acceptors (Lipinski definition) is 4. The van der Waals surface area contributed by atoms with Crippen LogP contribution in [0.3, 0.4) is 0 Å². The predicted octanol–water partition coefficient (Wildman–Crippen LogP) is 2.00. The molecule has 13 heavy (non-hydrogen) atoms. The first-order valence-corrected chi connectivity index (χ1v) is 4.70. The molecular weight excluding hydrogens is 208 g/mol. The lowest BCUT2D eigenvalue weighted by Gasteiger charge is -1.95. The molecule has 0 amide bonds. The Morgan fingerprint density at radius 3 is 3.00 bits per heavy atom. The van der Waals surface area contributed by atoms with E-state index < -0.39 is 0 Å². The van der Waals surface area contributed by atoms with Crippen LogP contribution in [0.1, 0.15) is 0 Å². The van der Waals surface area contributed by atoms with Crippen LogP contribution in [0, 0.1) is 0 Å². The molecule has 66 valence electrons. The summed E-state index contributed by atoms with van der Waals surface area (Å²) >= 11 is 7.10. The molecule has 0 saturated carbocycles. The Morgan fingerprint density at radius 1 is 1.38 bits per heavy atom. The number of aromatic amines is 1. The van der Waals surface area contributed by atoms with Gasteiger partial charge in [-0.2, -0.15) is 5.10 Å². The molecule has 0 unspecified atom stereocenters. The molecule has 4 nitrogen and oxygen atoms in total. The summed E-state index contributed by atoms with van der Waals surface area (Å²) in [5.41, 5.74) is 0. The molecule has 6 heteroatoms. The minimum atomic E-state index is 0.476. The smallest absolute Gasteiger partial charge is 0.189 e. The molecule has 0 fully saturated rings. The lowest BCUT2D eigenvalue weighted by molar-refractivity contribution is 0.967. The van der Waals surface area contributed by atoms with Crippen molar-refractivity contribution in [3.63, 3.8) is 0 Å². The van der Waals surface area contributed by atoms with Crippen LogP contribution in [-0.2, 0) is 0 Å². The predicted molar refractivity (Wildman–Crippen MR) is 49.8 cm³/mol. The van der Waals surface area contributed by atoms with E-state index in [2.05, 4.69) is 20.2 Å². The first kappa shape index (κ1) is 8.52. The van der Waals surface area contributed by atoms with Crippen molar-refractivity contribution in [1.29, 1.82) is 0 Å². The van der Waals surface area contributed by atoms with Crippen LogP contribution in [0.4, 0.5) is 0 Å². The largest absolute Gasteiger partial charge is 0.254 e. The number of hydrogen-bond donors (Lipinski definition) is 1. The monoisotopic (exact) mass is 212 g/mol. The maximum atomic E-state index is 5.71. The Balaban J connectivity index is 2.19. The second-order valence-corrected chi connectivity index (χ2v) is 3.59. The SMILES string of the molecule is Clc1cccc(Sc2ncn[nH]2)n1. The second kappa shape index (κ2) is 3.76. The minimum Gasteiger partial charge on any atom is -0.254 e. The fraction of sp³-hybridized carbons (Fsp3) is 0. The van der Waals surface area contributed by atoms with E-state index in [-0.39, 0.29) is 0 Å². The van der Waals surface area contributed by atoms with E-state index in [1.165, 1.54) is 18.1 Å². The van der Waals surface area contributed by atoms with Crippen LogP contribution in [0.15, 0.2) is 34.7 Å². The molecule has 2 aromatic rings. The van der Waals surface area contributed by atoms with E-state index in [4.69, 9.17) is 11.6 Å². The van der Waals surface area contributed by atoms with Crippen LogP contribution in [-0.4, -0.2) is 20.2 Å². The molecule has 1 N–H and O–H groups in total. The van der Waals surface area contributed by atoms with Crippen molar-refractivity contribution in [2.75, 3.05) is 0 Å².